The zero-order valence-electron chi connectivity index (χ0n) is 20.3. The maximum Gasteiger partial charge on any atom is 0.280 e. The van der Waals surface area contributed by atoms with Crippen molar-refractivity contribution in [3.8, 4) is 0 Å². The smallest absolute Gasteiger partial charge is 0.280 e. The van der Waals surface area contributed by atoms with Gasteiger partial charge in [0.15, 0.2) is 0 Å². The Kier molecular flexibility index (Phi) is 7.06. The normalized spacial score (nSPS) is 17.9. The number of benzene rings is 1. The molecule has 194 valence electrons. The monoisotopic (exact) mass is 520 g/mol. The largest absolute Gasteiger partial charge is 0.354 e. The van der Waals surface area contributed by atoms with Crippen molar-refractivity contribution >= 4 is 33.0 Å². The van der Waals surface area contributed by atoms with Gasteiger partial charge >= 0.3 is 0 Å². The van der Waals surface area contributed by atoms with Gasteiger partial charge in [-0.25, -0.2) is 18.4 Å². The molecule has 0 radical (unpaired) electrons. The molecule has 15 heteroatoms. The first-order valence-electron chi connectivity index (χ1n) is 11.4. The molecule has 2 aromatic rings. The number of sulfonamides is 1. The first-order valence-corrected chi connectivity index (χ1v) is 12.9. The first-order chi connectivity index (χ1) is 17.0. The number of rotatable bonds is 6. The minimum Gasteiger partial charge on any atom is -0.354 e. The van der Waals surface area contributed by atoms with Gasteiger partial charge in [0, 0.05) is 70.6 Å². The second-order valence-corrected chi connectivity index (χ2v) is 10.9. The zero-order chi connectivity index (χ0) is 26.2. The van der Waals surface area contributed by atoms with Crippen LogP contribution in [0.5, 0.6) is 0 Å². The second kappa shape index (κ2) is 9.91. The van der Waals surface area contributed by atoms with Gasteiger partial charge in [0.2, 0.25) is 10.0 Å². The number of anilines is 2. The number of likely N-dealkylation sites (N-methyl/N-ethyl adjacent to an activating group) is 1. The molecule has 14 nitrogen and oxygen atoms in total. The van der Waals surface area contributed by atoms with Crippen LogP contribution in [0.3, 0.4) is 0 Å². The van der Waals surface area contributed by atoms with Crippen molar-refractivity contribution in [1.82, 2.24) is 19.2 Å². The fourth-order valence-corrected chi connectivity index (χ4v) is 5.85. The predicted molar refractivity (Wildman–Crippen MR) is 132 cm³/mol. The number of aryl methyl sites for hydroxylation is 1. The molecule has 36 heavy (non-hydrogen) atoms. The van der Waals surface area contributed by atoms with E-state index in [0.717, 1.165) is 44.1 Å². The minimum absolute atomic E-state index is 0.102. The fraction of sp³-hybridized carbons (Fsp3) is 0.524. The predicted octanol–water partition coefficient (Wildman–Crippen LogP) is 1.17. The van der Waals surface area contributed by atoms with Crippen molar-refractivity contribution in [2.75, 3.05) is 69.2 Å². The van der Waals surface area contributed by atoms with Gasteiger partial charge in [-0.15, -0.1) is 0 Å². The Hall–Kier alpha value is -3.43. The Morgan fingerprint density at radius 1 is 0.778 bits per heavy atom. The molecule has 2 aliphatic rings. The van der Waals surface area contributed by atoms with Gasteiger partial charge in [-0.2, -0.15) is 4.31 Å². The molecule has 0 amide bonds. The third-order valence-electron chi connectivity index (χ3n) is 6.56. The van der Waals surface area contributed by atoms with E-state index < -0.39 is 36.1 Å². The Morgan fingerprint density at radius 3 is 1.67 bits per heavy atom. The van der Waals surface area contributed by atoms with E-state index in [1.165, 1.54) is 11.2 Å². The molecule has 0 bridgehead atoms. The van der Waals surface area contributed by atoms with Gasteiger partial charge in [0.1, 0.15) is 23.0 Å². The Morgan fingerprint density at radius 2 is 1.22 bits per heavy atom. The van der Waals surface area contributed by atoms with E-state index in [4.69, 9.17) is 0 Å². The van der Waals surface area contributed by atoms with Crippen LogP contribution in [0.1, 0.15) is 11.4 Å². The number of hydrogen-bond donors (Lipinski definition) is 0. The van der Waals surface area contributed by atoms with Crippen LogP contribution in [0, 0.1) is 34.1 Å². The van der Waals surface area contributed by atoms with Gasteiger partial charge in [0.05, 0.1) is 14.7 Å². The molecule has 1 aromatic carbocycles. The van der Waals surface area contributed by atoms with Gasteiger partial charge < -0.3 is 14.7 Å². The molecule has 3 heterocycles. The van der Waals surface area contributed by atoms with E-state index in [1.54, 1.807) is 0 Å². The van der Waals surface area contributed by atoms with Crippen molar-refractivity contribution in [2.45, 2.75) is 18.7 Å². The molecular formula is C21H28N8O6S. The number of nitro groups is 2. The first kappa shape index (κ1) is 25.7. The topological polar surface area (TPSA) is 159 Å². The van der Waals surface area contributed by atoms with E-state index in [1.807, 2.05) is 17.9 Å². The summed E-state index contributed by atoms with van der Waals surface area (Å²) in [7, 11) is -2.11. The SMILES string of the molecule is Cc1nc(N2CCN(C)CC2)cc(N2CCN(S(=O)(=O)c3cc([N+](=O)[O-])c(C)c([N+](=O)[O-])c3)CC2)n1. The molecule has 4 rings (SSSR count). The summed E-state index contributed by atoms with van der Waals surface area (Å²) in [6.45, 7) is 7.51. The van der Waals surface area contributed by atoms with E-state index in [2.05, 4.69) is 26.8 Å². The number of nitrogens with zero attached hydrogens (tertiary/aromatic N) is 8. The number of nitro benzene ring substituents is 2. The lowest BCUT2D eigenvalue weighted by molar-refractivity contribution is -0.395. The standard InChI is InChI=1S/C21H28N8O6S/c1-15-18(28(30)31)12-17(13-19(15)29(32)33)36(34,35)27-10-8-26(9-11-27)21-14-20(22-16(2)23-21)25-6-4-24(3)5-7-25/h12-14H,4-11H2,1-3H3. The number of hydrogen-bond acceptors (Lipinski definition) is 11. The summed E-state index contributed by atoms with van der Waals surface area (Å²) in [4.78, 5) is 36.2. The van der Waals surface area contributed by atoms with Crippen LogP contribution in [0.15, 0.2) is 23.1 Å². The van der Waals surface area contributed by atoms with Crippen molar-refractivity contribution in [2.24, 2.45) is 0 Å². The second-order valence-electron chi connectivity index (χ2n) is 8.91. The Bertz CT molecular complexity index is 1250. The van der Waals surface area contributed by atoms with Crippen LogP contribution in [-0.4, -0.2) is 96.8 Å². The summed E-state index contributed by atoms with van der Waals surface area (Å²) in [6, 6.07) is 3.69. The van der Waals surface area contributed by atoms with Crippen molar-refractivity contribution in [3.63, 3.8) is 0 Å². The summed E-state index contributed by atoms with van der Waals surface area (Å²) >= 11 is 0. The molecule has 0 atom stereocenters. The van der Waals surface area contributed by atoms with Gasteiger partial charge in [-0.05, 0) is 20.9 Å². The van der Waals surface area contributed by atoms with Crippen LogP contribution < -0.4 is 9.80 Å². The lowest BCUT2D eigenvalue weighted by Gasteiger charge is -2.36. The lowest BCUT2D eigenvalue weighted by atomic mass is 10.1. The van der Waals surface area contributed by atoms with E-state index in [9.17, 15) is 28.6 Å². The average Bonchev–Trinajstić information content (AvgIpc) is 2.83. The number of piperazine rings is 2. The summed E-state index contributed by atoms with van der Waals surface area (Å²) in [5.74, 6) is 2.16. The Balaban J connectivity index is 1.53. The van der Waals surface area contributed by atoms with Crippen LogP contribution in [0.2, 0.25) is 0 Å². The molecule has 2 fully saturated rings. The minimum atomic E-state index is -4.18. The van der Waals surface area contributed by atoms with Crippen LogP contribution in [0.4, 0.5) is 23.0 Å². The zero-order valence-corrected chi connectivity index (χ0v) is 21.1. The molecule has 2 aliphatic heterocycles. The molecule has 0 unspecified atom stereocenters. The molecular weight excluding hydrogens is 492 g/mol. The van der Waals surface area contributed by atoms with E-state index in [-0.39, 0.29) is 18.7 Å². The highest BCUT2D eigenvalue weighted by atomic mass is 32.2. The molecule has 0 aliphatic carbocycles. The maximum absolute atomic E-state index is 13.3. The fourth-order valence-electron chi connectivity index (χ4n) is 4.39. The highest BCUT2D eigenvalue weighted by Crippen LogP contribution is 2.33. The molecule has 0 N–H and O–H groups in total. The van der Waals surface area contributed by atoms with E-state index >= 15 is 0 Å². The highest BCUT2D eigenvalue weighted by Gasteiger charge is 2.34. The van der Waals surface area contributed by atoms with Crippen molar-refractivity contribution < 1.29 is 18.3 Å². The highest BCUT2D eigenvalue weighted by molar-refractivity contribution is 7.89. The Labute approximate surface area is 208 Å². The summed E-state index contributed by atoms with van der Waals surface area (Å²) in [5.41, 5.74) is -1.40. The number of aromatic nitrogens is 2. The third kappa shape index (κ3) is 5.08. The molecule has 1 aromatic heterocycles. The average molecular weight is 521 g/mol. The van der Waals surface area contributed by atoms with Gasteiger partial charge in [-0.1, -0.05) is 0 Å². The summed E-state index contributed by atoms with van der Waals surface area (Å²) in [5, 5.41) is 22.8. The van der Waals surface area contributed by atoms with E-state index in [0.29, 0.717) is 24.7 Å². The summed E-state index contributed by atoms with van der Waals surface area (Å²) in [6.07, 6.45) is 0. The van der Waals surface area contributed by atoms with Crippen LogP contribution in [-0.2, 0) is 10.0 Å². The van der Waals surface area contributed by atoms with Gasteiger partial charge in [-0.3, -0.25) is 20.2 Å². The molecule has 2 saturated heterocycles. The summed E-state index contributed by atoms with van der Waals surface area (Å²) < 4.78 is 27.7. The lowest BCUT2D eigenvalue weighted by Crippen LogP contribution is -2.49. The molecule has 0 saturated carbocycles. The maximum atomic E-state index is 13.3. The van der Waals surface area contributed by atoms with Crippen molar-refractivity contribution in [1.29, 1.82) is 0 Å². The van der Waals surface area contributed by atoms with Crippen LogP contribution >= 0.6 is 0 Å². The van der Waals surface area contributed by atoms with Gasteiger partial charge in [0.25, 0.3) is 11.4 Å². The van der Waals surface area contributed by atoms with Crippen LogP contribution in [0.25, 0.3) is 0 Å². The molecule has 0 spiro atoms. The third-order valence-corrected chi connectivity index (χ3v) is 8.43. The quantitative estimate of drug-likeness (QED) is 0.397. The van der Waals surface area contributed by atoms with Crippen molar-refractivity contribution in [3.05, 3.63) is 49.8 Å².